The van der Waals surface area contributed by atoms with E-state index in [0.29, 0.717) is 0 Å². The van der Waals surface area contributed by atoms with Gasteiger partial charge in [-0.05, 0) is 31.0 Å². The molecule has 1 saturated carbocycles. The number of hydrogen-bond acceptors (Lipinski definition) is 1. The van der Waals surface area contributed by atoms with Crippen LogP contribution in [-0.2, 0) is 4.79 Å². The highest BCUT2D eigenvalue weighted by molar-refractivity contribution is 5.96. The summed E-state index contributed by atoms with van der Waals surface area (Å²) in [5.41, 5.74) is 1.42. The largest absolute Gasteiger partial charge is 0.326 e. The van der Waals surface area contributed by atoms with Crippen molar-refractivity contribution >= 4 is 11.6 Å². The lowest BCUT2D eigenvalue weighted by Gasteiger charge is -2.09. The average Bonchev–Trinajstić information content (AvgIpc) is 2.98. The topological polar surface area (TPSA) is 29.1 Å². The second kappa shape index (κ2) is 3.43. The van der Waals surface area contributed by atoms with Gasteiger partial charge in [0.05, 0.1) is 0 Å². The highest BCUT2D eigenvalue weighted by Crippen LogP contribution is 2.45. The molecule has 0 bridgehead atoms. The van der Waals surface area contributed by atoms with Crippen molar-refractivity contribution in [2.75, 3.05) is 5.32 Å². The summed E-state index contributed by atoms with van der Waals surface area (Å²) in [5, 5.41) is 2.88. The van der Waals surface area contributed by atoms with Gasteiger partial charge in [0.25, 0.3) is 0 Å². The van der Waals surface area contributed by atoms with Crippen molar-refractivity contribution in [2.45, 2.75) is 19.8 Å². The molecular formula is C13H13NO. The van der Waals surface area contributed by atoms with Crippen LogP contribution in [0.25, 0.3) is 0 Å². The fourth-order valence-corrected chi connectivity index (χ4v) is 1.38. The first-order valence-corrected chi connectivity index (χ1v) is 5.02. The molecule has 15 heavy (non-hydrogen) atoms. The van der Waals surface area contributed by atoms with Gasteiger partial charge in [-0.3, -0.25) is 4.79 Å². The van der Waals surface area contributed by atoms with E-state index in [2.05, 4.69) is 11.2 Å². The lowest BCUT2D eigenvalue weighted by Crippen LogP contribution is -2.21. The molecule has 2 heteroatoms. The standard InChI is InChI=1S/C13H13NO/c1-3-10-5-4-6-11(9-10)14-12(15)13(2)7-8-13/h1,4-6,9H,7-8H2,2H3,(H,14,15). The third-order valence-corrected chi connectivity index (χ3v) is 2.84. The van der Waals surface area contributed by atoms with Crippen molar-refractivity contribution < 1.29 is 4.79 Å². The fraction of sp³-hybridized carbons (Fsp3) is 0.308. The van der Waals surface area contributed by atoms with E-state index in [1.165, 1.54) is 0 Å². The van der Waals surface area contributed by atoms with Gasteiger partial charge in [-0.1, -0.05) is 18.9 Å². The van der Waals surface area contributed by atoms with E-state index < -0.39 is 0 Å². The van der Waals surface area contributed by atoms with E-state index in [9.17, 15) is 4.79 Å². The van der Waals surface area contributed by atoms with Crippen LogP contribution in [0.1, 0.15) is 25.3 Å². The van der Waals surface area contributed by atoms with E-state index in [0.717, 1.165) is 24.1 Å². The highest BCUT2D eigenvalue weighted by atomic mass is 16.2. The lowest BCUT2D eigenvalue weighted by atomic mass is 10.1. The van der Waals surface area contributed by atoms with Crippen LogP contribution in [0.2, 0.25) is 0 Å². The molecule has 1 amide bonds. The number of carbonyl (C=O) groups excluding carboxylic acids is 1. The third kappa shape index (κ3) is 2.02. The van der Waals surface area contributed by atoms with Gasteiger partial charge in [0.2, 0.25) is 5.91 Å². The summed E-state index contributed by atoms with van der Waals surface area (Å²) in [7, 11) is 0. The molecule has 0 aromatic heterocycles. The zero-order chi connectivity index (χ0) is 10.9. The summed E-state index contributed by atoms with van der Waals surface area (Å²) in [6.45, 7) is 1.98. The van der Waals surface area contributed by atoms with Crippen LogP contribution < -0.4 is 5.32 Å². The monoisotopic (exact) mass is 199 g/mol. The van der Waals surface area contributed by atoms with E-state index >= 15 is 0 Å². The number of anilines is 1. The van der Waals surface area contributed by atoms with Gasteiger partial charge in [0, 0.05) is 16.7 Å². The first-order chi connectivity index (χ1) is 7.14. The summed E-state index contributed by atoms with van der Waals surface area (Å²) >= 11 is 0. The molecular weight excluding hydrogens is 186 g/mol. The Bertz CT molecular complexity index is 438. The normalized spacial score (nSPS) is 16.5. The van der Waals surface area contributed by atoms with Crippen molar-refractivity contribution in [3.8, 4) is 12.3 Å². The summed E-state index contributed by atoms with van der Waals surface area (Å²) in [4.78, 5) is 11.7. The number of terminal acetylenes is 1. The minimum atomic E-state index is -0.147. The zero-order valence-electron chi connectivity index (χ0n) is 8.71. The molecule has 2 nitrogen and oxygen atoms in total. The Morgan fingerprint density at radius 3 is 2.87 bits per heavy atom. The molecule has 0 spiro atoms. The predicted octanol–water partition coefficient (Wildman–Crippen LogP) is 2.41. The summed E-state index contributed by atoms with van der Waals surface area (Å²) in [5.74, 6) is 2.64. The molecule has 1 aliphatic carbocycles. The van der Waals surface area contributed by atoms with Gasteiger partial charge in [0.15, 0.2) is 0 Å². The van der Waals surface area contributed by atoms with Gasteiger partial charge < -0.3 is 5.32 Å². The number of rotatable bonds is 2. The molecule has 0 atom stereocenters. The second-order valence-electron chi connectivity index (χ2n) is 4.24. The van der Waals surface area contributed by atoms with Crippen molar-refractivity contribution in [1.29, 1.82) is 0 Å². The predicted molar refractivity (Wildman–Crippen MR) is 60.3 cm³/mol. The Morgan fingerprint density at radius 1 is 1.53 bits per heavy atom. The third-order valence-electron chi connectivity index (χ3n) is 2.84. The molecule has 0 unspecified atom stereocenters. The molecule has 0 aliphatic heterocycles. The van der Waals surface area contributed by atoms with Crippen LogP contribution in [0.5, 0.6) is 0 Å². The quantitative estimate of drug-likeness (QED) is 0.728. The molecule has 1 fully saturated rings. The fourth-order valence-electron chi connectivity index (χ4n) is 1.38. The lowest BCUT2D eigenvalue weighted by molar-refractivity contribution is -0.120. The van der Waals surface area contributed by atoms with Crippen molar-refractivity contribution in [3.05, 3.63) is 29.8 Å². The molecule has 2 rings (SSSR count). The average molecular weight is 199 g/mol. The molecule has 1 N–H and O–H groups in total. The van der Waals surface area contributed by atoms with Gasteiger partial charge in [-0.15, -0.1) is 6.42 Å². The maximum Gasteiger partial charge on any atom is 0.230 e. The Labute approximate surface area is 89.7 Å². The highest BCUT2D eigenvalue weighted by Gasteiger charge is 2.44. The number of carbonyl (C=O) groups is 1. The number of benzene rings is 1. The molecule has 1 aromatic carbocycles. The van der Waals surface area contributed by atoms with Crippen LogP contribution in [-0.4, -0.2) is 5.91 Å². The van der Waals surface area contributed by atoms with E-state index in [4.69, 9.17) is 6.42 Å². The van der Waals surface area contributed by atoms with Crippen LogP contribution in [0.4, 0.5) is 5.69 Å². The maximum atomic E-state index is 11.7. The van der Waals surface area contributed by atoms with Crippen LogP contribution in [0.15, 0.2) is 24.3 Å². The van der Waals surface area contributed by atoms with Crippen LogP contribution >= 0.6 is 0 Å². The molecule has 0 heterocycles. The van der Waals surface area contributed by atoms with Crippen molar-refractivity contribution in [3.63, 3.8) is 0 Å². The van der Waals surface area contributed by atoms with E-state index in [1.807, 2.05) is 31.2 Å². The SMILES string of the molecule is C#Cc1cccc(NC(=O)C2(C)CC2)c1. The van der Waals surface area contributed by atoms with Gasteiger partial charge in [-0.2, -0.15) is 0 Å². The van der Waals surface area contributed by atoms with E-state index in [1.54, 1.807) is 0 Å². The maximum absolute atomic E-state index is 11.7. The van der Waals surface area contributed by atoms with Gasteiger partial charge in [-0.25, -0.2) is 0 Å². The number of nitrogens with one attached hydrogen (secondary N) is 1. The Kier molecular flexibility index (Phi) is 2.24. The summed E-state index contributed by atoms with van der Waals surface area (Å²) in [6.07, 6.45) is 7.24. The van der Waals surface area contributed by atoms with Crippen LogP contribution in [0, 0.1) is 17.8 Å². The van der Waals surface area contributed by atoms with Crippen molar-refractivity contribution in [2.24, 2.45) is 5.41 Å². The van der Waals surface area contributed by atoms with Gasteiger partial charge in [0.1, 0.15) is 0 Å². The molecule has 1 aliphatic rings. The van der Waals surface area contributed by atoms with E-state index in [-0.39, 0.29) is 11.3 Å². The molecule has 1 aromatic rings. The van der Waals surface area contributed by atoms with Crippen LogP contribution in [0.3, 0.4) is 0 Å². The molecule has 0 saturated heterocycles. The summed E-state index contributed by atoms with van der Waals surface area (Å²) in [6, 6.07) is 7.35. The Morgan fingerprint density at radius 2 is 2.27 bits per heavy atom. The Balaban J connectivity index is 2.11. The van der Waals surface area contributed by atoms with Crippen molar-refractivity contribution in [1.82, 2.24) is 0 Å². The number of amides is 1. The second-order valence-corrected chi connectivity index (χ2v) is 4.24. The smallest absolute Gasteiger partial charge is 0.230 e. The summed E-state index contributed by atoms with van der Waals surface area (Å²) < 4.78 is 0. The molecule has 0 radical (unpaired) electrons. The minimum Gasteiger partial charge on any atom is -0.326 e. The zero-order valence-corrected chi connectivity index (χ0v) is 8.71. The first-order valence-electron chi connectivity index (χ1n) is 5.02. The minimum absolute atomic E-state index is 0.0941. The number of hydrogen-bond donors (Lipinski definition) is 1. The first kappa shape index (κ1) is 9.79. The Hall–Kier alpha value is -1.75. The molecule has 76 valence electrons. The van der Waals surface area contributed by atoms with Gasteiger partial charge >= 0.3 is 0 Å².